The van der Waals surface area contributed by atoms with Crippen molar-refractivity contribution >= 4 is 0 Å². The molecular weight excluding hydrogens is 274 g/mol. The Balaban J connectivity index is 2.29. The molecule has 0 bridgehead atoms. The van der Waals surface area contributed by atoms with Crippen LogP contribution in [0.1, 0.15) is 24.2 Å². The fourth-order valence-corrected chi connectivity index (χ4v) is 1.97. The van der Waals surface area contributed by atoms with Gasteiger partial charge in [0.2, 0.25) is 0 Å². The maximum Gasteiger partial charge on any atom is 0.144 e. The molecule has 0 saturated heterocycles. The molecule has 0 aliphatic rings. The molecule has 2 N–H and O–H groups in total. The third kappa shape index (κ3) is 3.56. The van der Waals surface area contributed by atoms with Gasteiger partial charge in [-0.15, -0.1) is 0 Å². The number of rotatable bonds is 4. The van der Waals surface area contributed by atoms with E-state index in [1.807, 2.05) is 0 Å². The summed E-state index contributed by atoms with van der Waals surface area (Å²) in [6.45, 7) is 1.72. The number of ether oxygens (including phenoxy) is 1. The van der Waals surface area contributed by atoms with Crippen molar-refractivity contribution in [3.05, 3.63) is 65.2 Å². The van der Waals surface area contributed by atoms with Gasteiger partial charge in [0.05, 0.1) is 5.56 Å². The van der Waals surface area contributed by atoms with Crippen LogP contribution in [0.25, 0.3) is 0 Å². The monoisotopic (exact) mass is 288 g/mol. The first kappa shape index (κ1) is 14.9. The first-order valence-electron chi connectivity index (χ1n) is 6.38. The standard InChI is InChI=1S/C16H14F2N2O/c1-10(20)16(11-3-2-4-13(17)7-11)21-14-6-5-12(9-19)15(18)8-14/h2-8,10,16H,20H2,1H3. The molecule has 0 fully saturated rings. The van der Waals surface area contributed by atoms with E-state index in [0.717, 1.165) is 6.07 Å². The SMILES string of the molecule is CC(N)C(Oc1ccc(C#N)c(F)c1)c1cccc(F)c1. The molecule has 0 amide bonds. The second-order valence-corrected chi connectivity index (χ2v) is 4.71. The van der Waals surface area contributed by atoms with Crippen LogP contribution in [0.3, 0.4) is 0 Å². The van der Waals surface area contributed by atoms with Gasteiger partial charge in [0.15, 0.2) is 0 Å². The fraction of sp³-hybridized carbons (Fsp3) is 0.188. The number of nitriles is 1. The van der Waals surface area contributed by atoms with E-state index in [2.05, 4.69) is 0 Å². The quantitative estimate of drug-likeness (QED) is 0.939. The largest absolute Gasteiger partial charge is 0.484 e. The average molecular weight is 288 g/mol. The molecular formula is C16H14F2N2O. The smallest absolute Gasteiger partial charge is 0.144 e. The number of nitrogens with two attached hydrogens (primary N) is 1. The average Bonchev–Trinajstić information content (AvgIpc) is 2.44. The van der Waals surface area contributed by atoms with Gasteiger partial charge in [-0.2, -0.15) is 5.26 Å². The Bertz CT molecular complexity index is 680. The second kappa shape index (κ2) is 6.33. The van der Waals surface area contributed by atoms with Crippen LogP contribution >= 0.6 is 0 Å². The van der Waals surface area contributed by atoms with Gasteiger partial charge >= 0.3 is 0 Å². The Morgan fingerprint density at radius 1 is 1.19 bits per heavy atom. The number of nitrogens with zero attached hydrogens (tertiary/aromatic N) is 1. The zero-order chi connectivity index (χ0) is 15.4. The number of halogens is 2. The summed E-state index contributed by atoms with van der Waals surface area (Å²) in [4.78, 5) is 0. The third-order valence-electron chi connectivity index (χ3n) is 2.98. The molecule has 2 atom stereocenters. The van der Waals surface area contributed by atoms with Gasteiger partial charge in [0.25, 0.3) is 0 Å². The summed E-state index contributed by atoms with van der Waals surface area (Å²) in [6, 6.07) is 11.1. The predicted molar refractivity (Wildman–Crippen MR) is 74.5 cm³/mol. The molecule has 5 heteroatoms. The summed E-state index contributed by atoms with van der Waals surface area (Å²) >= 11 is 0. The zero-order valence-corrected chi connectivity index (χ0v) is 11.4. The van der Waals surface area contributed by atoms with Crippen molar-refractivity contribution in [3.8, 4) is 11.8 Å². The van der Waals surface area contributed by atoms with Crippen LogP contribution in [0, 0.1) is 23.0 Å². The predicted octanol–water partition coefficient (Wildman–Crippen LogP) is 3.30. The summed E-state index contributed by atoms with van der Waals surface area (Å²) in [5.74, 6) is -0.830. The second-order valence-electron chi connectivity index (χ2n) is 4.71. The molecule has 0 aromatic heterocycles. The molecule has 0 radical (unpaired) electrons. The van der Waals surface area contributed by atoms with E-state index < -0.39 is 23.8 Å². The molecule has 2 rings (SSSR count). The Morgan fingerprint density at radius 3 is 2.52 bits per heavy atom. The summed E-state index contributed by atoms with van der Waals surface area (Å²) in [6.07, 6.45) is -0.618. The molecule has 0 aliphatic carbocycles. The van der Waals surface area contributed by atoms with E-state index in [1.54, 1.807) is 25.1 Å². The Hall–Kier alpha value is -2.45. The normalized spacial score (nSPS) is 13.3. The van der Waals surface area contributed by atoms with Gasteiger partial charge in [0.1, 0.15) is 29.6 Å². The van der Waals surface area contributed by atoms with Crippen molar-refractivity contribution in [1.29, 1.82) is 5.26 Å². The molecule has 2 aromatic carbocycles. The molecule has 2 aromatic rings. The maximum absolute atomic E-state index is 13.6. The van der Waals surface area contributed by atoms with E-state index in [0.29, 0.717) is 5.56 Å². The fourth-order valence-electron chi connectivity index (χ4n) is 1.97. The van der Waals surface area contributed by atoms with Crippen molar-refractivity contribution in [2.75, 3.05) is 0 Å². The summed E-state index contributed by atoms with van der Waals surface area (Å²) in [5, 5.41) is 8.70. The van der Waals surface area contributed by atoms with Crippen LogP contribution in [-0.4, -0.2) is 6.04 Å². The molecule has 0 aliphatic heterocycles. The van der Waals surface area contributed by atoms with Gasteiger partial charge in [-0.05, 0) is 36.8 Å². The minimum Gasteiger partial charge on any atom is -0.484 e. The van der Waals surface area contributed by atoms with E-state index in [-0.39, 0.29) is 11.3 Å². The molecule has 0 spiro atoms. The van der Waals surface area contributed by atoms with Crippen LogP contribution < -0.4 is 10.5 Å². The van der Waals surface area contributed by atoms with Gasteiger partial charge in [-0.3, -0.25) is 0 Å². The lowest BCUT2D eigenvalue weighted by Gasteiger charge is -2.23. The number of hydrogen-bond donors (Lipinski definition) is 1. The lowest BCUT2D eigenvalue weighted by Crippen LogP contribution is -2.29. The number of hydrogen-bond acceptors (Lipinski definition) is 3. The zero-order valence-electron chi connectivity index (χ0n) is 11.4. The van der Waals surface area contributed by atoms with Gasteiger partial charge in [-0.1, -0.05) is 12.1 Å². The van der Waals surface area contributed by atoms with Crippen LogP contribution in [0.4, 0.5) is 8.78 Å². The van der Waals surface area contributed by atoms with Gasteiger partial charge in [0, 0.05) is 12.1 Å². The molecule has 2 unspecified atom stereocenters. The van der Waals surface area contributed by atoms with Crippen molar-refractivity contribution in [2.24, 2.45) is 5.73 Å². The highest BCUT2D eigenvalue weighted by Gasteiger charge is 2.19. The van der Waals surface area contributed by atoms with Crippen molar-refractivity contribution in [3.63, 3.8) is 0 Å². The van der Waals surface area contributed by atoms with Crippen molar-refractivity contribution < 1.29 is 13.5 Å². The summed E-state index contributed by atoms with van der Waals surface area (Å²) in [7, 11) is 0. The van der Waals surface area contributed by atoms with Crippen LogP contribution in [0.15, 0.2) is 42.5 Å². The molecule has 0 saturated carbocycles. The molecule has 3 nitrogen and oxygen atoms in total. The highest BCUT2D eigenvalue weighted by molar-refractivity contribution is 5.36. The van der Waals surface area contributed by atoms with Gasteiger partial charge in [-0.25, -0.2) is 8.78 Å². The van der Waals surface area contributed by atoms with E-state index in [9.17, 15) is 8.78 Å². The first-order valence-corrected chi connectivity index (χ1v) is 6.38. The van der Waals surface area contributed by atoms with E-state index in [4.69, 9.17) is 15.7 Å². The highest BCUT2D eigenvalue weighted by atomic mass is 19.1. The molecule has 0 heterocycles. The summed E-state index contributed by atoms with van der Waals surface area (Å²) < 4.78 is 32.5. The van der Waals surface area contributed by atoms with Crippen LogP contribution in [-0.2, 0) is 0 Å². The van der Waals surface area contributed by atoms with Crippen LogP contribution in [0.2, 0.25) is 0 Å². The number of benzene rings is 2. The molecule has 21 heavy (non-hydrogen) atoms. The van der Waals surface area contributed by atoms with Crippen molar-refractivity contribution in [2.45, 2.75) is 19.1 Å². The third-order valence-corrected chi connectivity index (χ3v) is 2.98. The lowest BCUT2D eigenvalue weighted by atomic mass is 10.0. The van der Waals surface area contributed by atoms with E-state index >= 15 is 0 Å². The Kier molecular flexibility index (Phi) is 4.51. The van der Waals surface area contributed by atoms with Crippen molar-refractivity contribution in [1.82, 2.24) is 0 Å². The summed E-state index contributed by atoms with van der Waals surface area (Å²) in [5.41, 5.74) is 6.37. The van der Waals surface area contributed by atoms with Gasteiger partial charge < -0.3 is 10.5 Å². The highest BCUT2D eigenvalue weighted by Crippen LogP contribution is 2.26. The van der Waals surface area contributed by atoms with Crippen LogP contribution in [0.5, 0.6) is 5.75 Å². The lowest BCUT2D eigenvalue weighted by molar-refractivity contribution is 0.179. The minimum absolute atomic E-state index is 0.0644. The first-order chi connectivity index (χ1) is 10.0. The minimum atomic E-state index is -0.669. The topological polar surface area (TPSA) is 59.0 Å². The Labute approximate surface area is 121 Å². The van der Waals surface area contributed by atoms with E-state index in [1.165, 1.54) is 24.3 Å². The maximum atomic E-state index is 13.6. The molecule has 108 valence electrons. The Morgan fingerprint density at radius 2 is 1.95 bits per heavy atom.